The maximum absolute atomic E-state index is 14.0. The molecule has 1 saturated carbocycles. The van der Waals surface area contributed by atoms with Crippen molar-refractivity contribution in [1.82, 2.24) is 29.9 Å². The summed E-state index contributed by atoms with van der Waals surface area (Å²) in [6.07, 6.45) is 21.4. The van der Waals surface area contributed by atoms with Crippen molar-refractivity contribution in [3.8, 4) is 5.75 Å². The van der Waals surface area contributed by atoms with E-state index in [1.54, 1.807) is 28.8 Å². The number of aliphatic hydroxyl groups excluding tert-OH is 1. The molecule has 4 atom stereocenters. The van der Waals surface area contributed by atoms with Crippen LogP contribution in [0.2, 0.25) is 5.02 Å². The quantitative estimate of drug-likeness (QED) is 0.0323. The molecule has 1 aliphatic rings. The molecule has 1 fully saturated rings. The third-order valence-electron chi connectivity index (χ3n) is 9.50. The van der Waals surface area contributed by atoms with Crippen molar-refractivity contribution >= 4 is 42.4 Å². The Morgan fingerprint density at radius 1 is 1.08 bits per heavy atom. The number of unbranched alkanes of at least 4 members (excludes halogenated alkanes) is 11. The Balaban J connectivity index is 1.18. The topological polar surface area (TPSA) is 186 Å². The molecule has 1 unspecified atom stereocenters. The highest BCUT2D eigenvalue weighted by Crippen LogP contribution is 2.47. The minimum Gasteiger partial charge on any atom is -0.413 e. The second-order valence-corrected chi connectivity index (χ2v) is 15.9. The summed E-state index contributed by atoms with van der Waals surface area (Å²) >= 11 is 6.02. The number of anilines is 1. The number of rotatable bonds is 25. The number of hydrogen-bond donors (Lipinski definition) is 5. The summed E-state index contributed by atoms with van der Waals surface area (Å²) < 4.78 is 27.3. The van der Waals surface area contributed by atoms with Gasteiger partial charge in [0.1, 0.15) is 5.75 Å². The number of aliphatic hydroxyl groups is 1. The number of carbonyl (C=O) groups excluding carboxylic acids is 1. The van der Waals surface area contributed by atoms with Gasteiger partial charge in [0.15, 0.2) is 11.2 Å². The normalized spacial score (nSPS) is 18.5. The van der Waals surface area contributed by atoms with Crippen molar-refractivity contribution in [2.24, 2.45) is 5.92 Å². The first-order valence-electron chi connectivity index (χ1n) is 19.1. The molecule has 15 heteroatoms. The Morgan fingerprint density at radius 3 is 2.43 bits per heavy atom. The molecular weight excluding hydrogens is 717 g/mol. The number of allylic oxidation sites excluding steroid dienone is 2. The number of imidazole rings is 1. The molecule has 0 aliphatic heterocycles. The molecule has 0 bridgehead atoms. The number of hydrogen-bond acceptors (Lipinski definition) is 9. The van der Waals surface area contributed by atoms with Crippen LogP contribution in [0.3, 0.4) is 0 Å². The molecule has 2 aromatic heterocycles. The number of halogens is 1. The van der Waals surface area contributed by atoms with E-state index in [1.807, 2.05) is 0 Å². The van der Waals surface area contributed by atoms with Crippen LogP contribution in [0.1, 0.15) is 109 Å². The molecule has 3 aromatic rings. The van der Waals surface area contributed by atoms with E-state index in [0.717, 1.165) is 32.1 Å². The fourth-order valence-electron chi connectivity index (χ4n) is 6.48. The van der Waals surface area contributed by atoms with Crippen LogP contribution in [0.25, 0.3) is 11.2 Å². The van der Waals surface area contributed by atoms with Crippen molar-refractivity contribution in [3.63, 3.8) is 0 Å². The van der Waals surface area contributed by atoms with Gasteiger partial charge in [-0.2, -0.15) is 4.98 Å². The van der Waals surface area contributed by atoms with Crippen LogP contribution in [-0.2, 0) is 13.9 Å². The van der Waals surface area contributed by atoms with E-state index in [2.05, 4.69) is 51.0 Å². The summed E-state index contributed by atoms with van der Waals surface area (Å²) in [5.41, 5.74) is 6.25. The largest absolute Gasteiger partial charge is 0.458 e. The molecule has 6 N–H and O–H groups in total. The number of fused-ring (bicyclic) bond motifs is 1. The third kappa shape index (κ3) is 13.7. The van der Waals surface area contributed by atoms with E-state index >= 15 is 0 Å². The molecule has 0 spiro atoms. The van der Waals surface area contributed by atoms with E-state index < -0.39 is 31.4 Å². The highest BCUT2D eigenvalue weighted by molar-refractivity contribution is 7.52. The zero-order valence-corrected chi connectivity index (χ0v) is 32.6. The molecule has 1 aromatic carbocycles. The zero-order chi connectivity index (χ0) is 38.1. The number of carbonyl (C=O) groups is 1. The second kappa shape index (κ2) is 22.0. The minimum absolute atomic E-state index is 0.0566. The van der Waals surface area contributed by atoms with Crippen LogP contribution in [0.15, 0.2) is 59.7 Å². The van der Waals surface area contributed by atoms with Crippen LogP contribution in [0.5, 0.6) is 5.75 Å². The number of aromatic amines is 1. The summed E-state index contributed by atoms with van der Waals surface area (Å²) in [5.74, 6) is -0.480. The van der Waals surface area contributed by atoms with Crippen LogP contribution < -0.4 is 26.2 Å². The van der Waals surface area contributed by atoms with Gasteiger partial charge in [0.05, 0.1) is 25.1 Å². The molecule has 292 valence electrons. The van der Waals surface area contributed by atoms with Crippen molar-refractivity contribution in [2.45, 2.75) is 115 Å². The van der Waals surface area contributed by atoms with E-state index in [4.69, 9.17) is 26.4 Å². The van der Waals surface area contributed by atoms with Gasteiger partial charge >= 0.3 is 7.75 Å². The summed E-state index contributed by atoms with van der Waals surface area (Å²) in [4.78, 5) is 35.6. The maximum atomic E-state index is 14.0. The third-order valence-corrected chi connectivity index (χ3v) is 11.3. The lowest BCUT2D eigenvalue weighted by atomic mass is 10.0. The average molecular weight is 774 g/mol. The van der Waals surface area contributed by atoms with Gasteiger partial charge in [0.25, 0.3) is 5.56 Å². The lowest BCUT2D eigenvalue weighted by molar-refractivity contribution is -0.121. The smallest absolute Gasteiger partial charge is 0.413 e. The first-order valence-corrected chi connectivity index (χ1v) is 21.0. The Hall–Kier alpha value is -3.48. The van der Waals surface area contributed by atoms with Crippen LogP contribution in [-0.4, -0.2) is 56.3 Å². The summed E-state index contributed by atoms with van der Waals surface area (Å²) in [5, 5.41) is 17.2. The van der Waals surface area contributed by atoms with Gasteiger partial charge in [-0.15, -0.1) is 0 Å². The van der Waals surface area contributed by atoms with Gasteiger partial charge in [-0.05, 0) is 68.4 Å². The number of nitrogens with two attached hydrogens (primary N) is 1. The highest BCUT2D eigenvalue weighted by atomic mass is 35.5. The monoisotopic (exact) mass is 773 g/mol. The molecule has 53 heavy (non-hydrogen) atoms. The van der Waals surface area contributed by atoms with E-state index in [9.17, 15) is 19.3 Å². The first kappa shape index (κ1) is 42.3. The minimum atomic E-state index is -4.00. The molecule has 2 heterocycles. The fraction of sp³-hybridized carbons (Fsp3) is 0.579. The predicted octanol–water partition coefficient (Wildman–Crippen LogP) is 7.78. The van der Waals surface area contributed by atoms with Gasteiger partial charge in [-0.25, -0.2) is 14.6 Å². The van der Waals surface area contributed by atoms with Crippen molar-refractivity contribution in [3.05, 3.63) is 70.3 Å². The van der Waals surface area contributed by atoms with Gasteiger partial charge in [-0.1, -0.05) is 88.6 Å². The summed E-state index contributed by atoms with van der Waals surface area (Å²) in [6.45, 7) is 6.58. The standard InChI is InChI=1S/C38H57ClN7O6P/c1-3-4-5-6-7-8-9-10-11-12-13-14-15-16-17-18-34(48)41-23-24-43-53(50,52-30-21-19-29(39)20-22-30)51-26-31-28(2)32(25-33(31)47)46-27-42-35-36(46)44-38(40)45-37(35)49/h10-11,19-22,27,31-33,47H,2-9,12-18,23-26H2,1H3,(H,41,48)(H,43,50)(H3,40,44,45,49)/b11-10-/t31-,32-,33-,53?/m0/s1. The van der Waals surface area contributed by atoms with Gasteiger partial charge in [-0.3, -0.25) is 19.1 Å². The van der Waals surface area contributed by atoms with Crippen LogP contribution >= 0.6 is 19.3 Å². The Morgan fingerprint density at radius 2 is 1.74 bits per heavy atom. The van der Waals surface area contributed by atoms with Crippen LogP contribution in [0.4, 0.5) is 5.95 Å². The Bertz CT molecular complexity index is 1730. The molecule has 0 saturated heterocycles. The van der Waals surface area contributed by atoms with Crippen molar-refractivity contribution in [2.75, 3.05) is 25.4 Å². The number of amides is 1. The average Bonchev–Trinajstić information content (AvgIpc) is 3.67. The predicted molar refractivity (Wildman–Crippen MR) is 211 cm³/mol. The maximum Gasteiger partial charge on any atom is 0.458 e. The van der Waals surface area contributed by atoms with E-state index in [-0.39, 0.29) is 54.9 Å². The SMILES string of the molecule is C=C1[C@H](COP(=O)(NCCNC(=O)CCCCCCC/C=C\CCCCCCCC)Oc2ccc(Cl)cc2)[C@@H](O)C[C@@H]1n1cnc2c(=O)[nH]c(N)nc21. The van der Waals surface area contributed by atoms with E-state index in [1.165, 1.54) is 57.7 Å². The van der Waals surface area contributed by atoms with Crippen molar-refractivity contribution < 1.29 is 23.5 Å². The fourth-order valence-corrected chi connectivity index (χ4v) is 7.95. The molecule has 1 amide bonds. The summed E-state index contributed by atoms with van der Waals surface area (Å²) in [6, 6.07) is 5.88. The molecular formula is C38H57ClN7O6P. The molecule has 4 rings (SSSR count). The van der Waals surface area contributed by atoms with Gasteiger partial charge < -0.3 is 25.2 Å². The molecule has 13 nitrogen and oxygen atoms in total. The first-order chi connectivity index (χ1) is 25.6. The number of nitrogens with one attached hydrogen (secondary N) is 3. The Kier molecular flexibility index (Phi) is 17.6. The van der Waals surface area contributed by atoms with E-state index in [0.29, 0.717) is 17.0 Å². The number of benzene rings is 1. The summed E-state index contributed by atoms with van der Waals surface area (Å²) in [7, 11) is -4.00. The highest BCUT2D eigenvalue weighted by Gasteiger charge is 2.40. The second-order valence-electron chi connectivity index (χ2n) is 13.7. The number of nitrogen functional groups attached to an aromatic ring is 1. The number of nitrogens with zero attached hydrogens (tertiary/aromatic N) is 3. The lowest BCUT2D eigenvalue weighted by Crippen LogP contribution is -2.32. The zero-order valence-electron chi connectivity index (χ0n) is 30.9. The molecule has 0 radical (unpaired) electrons. The van der Waals surface area contributed by atoms with Gasteiger partial charge in [0.2, 0.25) is 11.9 Å². The van der Waals surface area contributed by atoms with Crippen LogP contribution in [0, 0.1) is 5.92 Å². The lowest BCUT2D eigenvalue weighted by Gasteiger charge is -2.23. The Labute approximate surface area is 317 Å². The number of aromatic nitrogens is 4. The van der Waals surface area contributed by atoms with Gasteiger partial charge in [0, 0.05) is 30.5 Å². The molecule has 1 aliphatic carbocycles. The number of H-pyrrole nitrogens is 1. The van der Waals surface area contributed by atoms with Crippen molar-refractivity contribution in [1.29, 1.82) is 0 Å².